The summed E-state index contributed by atoms with van der Waals surface area (Å²) >= 11 is 6.19. The second kappa shape index (κ2) is 11.3. The van der Waals surface area contributed by atoms with Crippen LogP contribution in [0.5, 0.6) is 5.75 Å². The van der Waals surface area contributed by atoms with Crippen LogP contribution < -0.4 is 9.46 Å². The summed E-state index contributed by atoms with van der Waals surface area (Å²) in [5.74, 6) is 0.649. The van der Waals surface area contributed by atoms with Crippen LogP contribution in [0.2, 0.25) is 5.02 Å². The first-order valence-electron chi connectivity index (χ1n) is 10.5. The van der Waals surface area contributed by atoms with Gasteiger partial charge in [0.2, 0.25) is 15.9 Å². The summed E-state index contributed by atoms with van der Waals surface area (Å²) in [6, 6.07) is 21.6. The van der Waals surface area contributed by atoms with Gasteiger partial charge in [-0.1, -0.05) is 54.1 Å². The first-order chi connectivity index (χ1) is 15.8. The zero-order chi connectivity index (χ0) is 23.8. The number of carbonyl (C=O) groups excluding carboxylic acids is 1. The molecule has 0 aliphatic carbocycles. The van der Waals surface area contributed by atoms with Crippen LogP contribution in [0.3, 0.4) is 0 Å². The second-order valence-corrected chi connectivity index (χ2v) is 9.86. The molecule has 6 nitrogen and oxygen atoms in total. The molecule has 3 rings (SSSR count). The Bertz CT molecular complexity index is 1180. The van der Waals surface area contributed by atoms with E-state index >= 15 is 0 Å². The molecule has 8 heteroatoms. The van der Waals surface area contributed by atoms with Gasteiger partial charge in [0.15, 0.2) is 0 Å². The highest BCUT2D eigenvalue weighted by atomic mass is 35.5. The fraction of sp³-hybridized carbons (Fsp3) is 0.240. The first-order valence-corrected chi connectivity index (χ1v) is 12.3. The van der Waals surface area contributed by atoms with Crippen LogP contribution in [0.4, 0.5) is 0 Å². The third-order valence-corrected chi connectivity index (χ3v) is 6.99. The maximum atomic E-state index is 13.2. The van der Waals surface area contributed by atoms with E-state index in [1.807, 2.05) is 30.3 Å². The molecule has 33 heavy (non-hydrogen) atoms. The van der Waals surface area contributed by atoms with E-state index in [9.17, 15) is 13.2 Å². The quantitative estimate of drug-likeness (QED) is 0.468. The van der Waals surface area contributed by atoms with E-state index in [1.54, 1.807) is 54.5 Å². The minimum Gasteiger partial charge on any atom is -0.496 e. The van der Waals surface area contributed by atoms with E-state index in [0.29, 0.717) is 30.3 Å². The fourth-order valence-electron chi connectivity index (χ4n) is 3.47. The van der Waals surface area contributed by atoms with E-state index in [-0.39, 0.29) is 17.2 Å². The van der Waals surface area contributed by atoms with Crippen LogP contribution in [-0.2, 0) is 34.2 Å². The predicted molar refractivity (Wildman–Crippen MR) is 130 cm³/mol. The van der Waals surface area contributed by atoms with Crippen molar-refractivity contribution >= 4 is 27.5 Å². The third-order valence-electron chi connectivity index (χ3n) is 5.33. The Morgan fingerprint density at radius 3 is 2.33 bits per heavy atom. The number of halogens is 1. The van der Waals surface area contributed by atoms with Gasteiger partial charge in [0.05, 0.1) is 18.4 Å². The third kappa shape index (κ3) is 6.81. The molecule has 0 fully saturated rings. The van der Waals surface area contributed by atoms with Crippen LogP contribution in [0, 0.1) is 0 Å². The number of amides is 1. The van der Waals surface area contributed by atoms with Crippen LogP contribution in [-0.4, -0.2) is 39.9 Å². The van der Waals surface area contributed by atoms with Gasteiger partial charge < -0.3 is 9.64 Å². The minimum atomic E-state index is -3.49. The Labute approximate surface area is 200 Å². The molecule has 3 aromatic rings. The number of rotatable bonds is 10. The average molecular weight is 487 g/mol. The summed E-state index contributed by atoms with van der Waals surface area (Å²) < 4.78 is 31.7. The van der Waals surface area contributed by atoms with Crippen molar-refractivity contribution in [3.8, 4) is 5.75 Å². The maximum absolute atomic E-state index is 13.2. The lowest BCUT2D eigenvalue weighted by atomic mass is 10.1. The Kier molecular flexibility index (Phi) is 8.49. The van der Waals surface area contributed by atoms with Crippen molar-refractivity contribution in [2.45, 2.75) is 24.3 Å². The molecule has 1 N–H and O–H groups in total. The number of methoxy groups -OCH3 is 1. The topological polar surface area (TPSA) is 75.7 Å². The van der Waals surface area contributed by atoms with E-state index < -0.39 is 10.0 Å². The molecule has 174 valence electrons. The Hall–Kier alpha value is -2.87. The summed E-state index contributed by atoms with van der Waals surface area (Å²) in [6.45, 7) is 0.807. The number of sulfonamides is 1. The number of nitrogens with one attached hydrogen (secondary N) is 1. The number of carbonyl (C=O) groups is 1. The number of hydrogen-bond acceptors (Lipinski definition) is 4. The SMILES string of the molecule is CNS(=O)(=O)c1ccc(CCN(Cc2cc(Cl)ccc2OC)C(=O)Cc2ccccc2)cc1. The van der Waals surface area contributed by atoms with Crippen molar-refractivity contribution in [1.82, 2.24) is 9.62 Å². The largest absolute Gasteiger partial charge is 0.496 e. The van der Waals surface area contributed by atoms with E-state index in [1.165, 1.54) is 7.05 Å². The molecule has 0 aliphatic heterocycles. The van der Waals surface area contributed by atoms with Gasteiger partial charge in [-0.3, -0.25) is 4.79 Å². The average Bonchev–Trinajstić information content (AvgIpc) is 2.82. The molecule has 0 atom stereocenters. The zero-order valence-electron chi connectivity index (χ0n) is 18.6. The summed E-state index contributed by atoms with van der Waals surface area (Å²) in [5, 5.41) is 0.572. The van der Waals surface area contributed by atoms with Crippen LogP contribution in [0.25, 0.3) is 0 Å². The van der Waals surface area contributed by atoms with Crippen molar-refractivity contribution in [2.24, 2.45) is 0 Å². The lowest BCUT2D eigenvalue weighted by Crippen LogP contribution is -2.33. The summed E-state index contributed by atoms with van der Waals surface area (Å²) in [6.07, 6.45) is 0.854. The van der Waals surface area contributed by atoms with Gasteiger partial charge in [0.1, 0.15) is 5.75 Å². The van der Waals surface area contributed by atoms with Crippen molar-refractivity contribution in [3.05, 3.63) is 94.5 Å². The van der Waals surface area contributed by atoms with Gasteiger partial charge in [0.25, 0.3) is 0 Å². The highest BCUT2D eigenvalue weighted by Crippen LogP contribution is 2.24. The number of benzene rings is 3. The fourth-order valence-corrected chi connectivity index (χ4v) is 4.39. The van der Waals surface area contributed by atoms with Gasteiger partial charge in [-0.15, -0.1) is 0 Å². The van der Waals surface area contributed by atoms with E-state index in [4.69, 9.17) is 16.3 Å². The highest BCUT2D eigenvalue weighted by Gasteiger charge is 2.18. The Morgan fingerprint density at radius 2 is 1.70 bits per heavy atom. The van der Waals surface area contributed by atoms with Crippen LogP contribution >= 0.6 is 11.6 Å². The molecular formula is C25H27ClN2O4S. The van der Waals surface area contributed by atoms with Gasteiger partial charge in [0, 0.05) is 23.7 Å². The minimum absolute atomic E-state index is 0.0161. The molecule has 0 bridgehead atoms. The summed E-state index contributed by atoms with van der Waals surface area (Å²) in [4.78, 5) is 15.2. The van der Waals surface area contributed by atoms with E-state index in [2.05, 4.69) is 4.72 Å². The van der Waals surface area contributed by atoms with Crippen molar-refractivity contribution in [3.63, 3.8) is 0 Å². The molecule has 3 aromatic carbocycles. The summed E-state index contributed by atoms with van der Waals surface area (Å²) in [5.41, 5.74) is 2.69. The van der Waals surface area contributed by atoms with Crippen molar-refractivity contribution in [2.75, 3.05) is 20.7 Å². The zero-order valence-corrected chi connectivity index (χ0v) is 20.2. The van der Waals surface area contributed by atoms with Crippen LogP contribution in [0.15, 0.2) is 77.7 Å². The molecule has 0 radical (unpaired) electrons. The Balaban J connectivity index is 1.79. The molecular weight excluding hydrogens is 460 g/mol. The van der Waals surface area contributed by atoms with Gasteiger partial charge in [-0.05, 0) is 54.9 Å². The molecule has 0 aromatic heterocycles. The number of ether oxygens (including phenoxy) is 1. The molecule has 0 heterocycles. The number of hydrogen-bond donors (Lipinski definition) is 1. The van der Waals surface area contributed by atoms with Gasteiger partial charge in [-0.2, -0.15) is 0 Å². The standard InChI is InChI=1S/C25H27ClN2O4S/c1-27-33(30,31)23-11-8-19(9-12-23)14-15-28(25(29)16-20-6-4-3-5-7-20)18-21-17-22(26)10-13-24(21)32-2/h3-13,17,27H,14-16,18H2,1-2H3. The molecule has 0 spiro atoms. The monoisotopic (exact) mass is 486 g/mol. The molecule has 0 saturated carbocycles. The lowest BCUT2D eigenvalue weighted by molar-refractivity contribution is -0.131. The number of nitrogens with zero attached hydrogens (tertiary/aromatic N) is 1. The van der Waals surface area contributed by atoms with Crippen molar-refractivity contribution in [1.29, 1.82) is 0 Å². The summed E-state index contributed by atoms with van der Waals surface area (Å²) in [7, 11) is -0.522. The van der Waals surface area contributed by atoms with Crippen LogP contribution in [0.1, 0.15) is 16.7 Å². The molecule has 0 unspecified atom stereocenters. The van der Waals surface area contributed by atoms with Gasteiger partial charge in [-0.25, -0.2) is 13.1 Å². The Morgan fingerprint density at radius 1 is 1.00 bits per heavy atom. The normalized spacial score (nSPS) is 11.2. The first kappa shape index (κ1) is 24.8. The second-order valence-electron chi connectivity index (χ2n) is 7.54. The molecule has 0 saturated heterocycles. The lowest BCUT2D eigenvalue weighted by Gasteiger charge is -2.24. The van der Waals surface area contributed by atoms with E-state index in [0.717, 1.165) is 16.7 Å². The van der Waals surface area contributed by atoms with Crippen molar-refractivity contribution < 1.29 is 17.9 Å². The maximum Gasteiger partial charge on any atom is 0.240 e. The predicted octanol–water partition coefficient (Wildman–Crippen LogP) is 4.07. The molecule has 1 amide bonds. The molecule has 0 aliphatic rings. The van der Waals surface area contributed by atoms with Gasteiger partial charge >= 0.3 is 0 Å². The highest BCUT2D eigenvalue weighted by molar-refractivity contribution is 7.89. The smallest absolute Gasteiger partial charge is 0.240 e.